The van der Waals surface area contributed by atoms with Crippen LogP contribution in [0.2, 0.25) is 0 Å². The second-order valence-corrected chi connectivity index (χ2v) is 8.40. The average Bonchev–Trinajstić information content (AvgIpc) is 3.25. The van der Waals surface area contributed by atoms with E-state index >= 15 is 0 Å². The maximum Gasteiger partial charge on any atom is 0.246 e. The van der Waals surface area contributed by atoms with Gasteiger partial charge in [0.1, 0.15) is 5.76 Å². The first-order valence-corrected chi connectivity index (χ1v) is 10.7. The van der Waals surface area contributed by atoms with Crippen molar-refractivity contribution in [3.05, 3.63) is 60.1 Å². The highest BCUT2D eigenvalue weighted by atomic mass is 32.2. The van der Waals surface area contributed by atoms with Gasteiger partial charge < -0.3 is 14.2 Å². The second kappa shape index (κ2) is 9.06. The van der Waals surface area contributed by atoms with Crippen molar-refractivity contribution in [2.75, 3.05) is 26.2 Å². The van der Waals surface area contributed by atoms with Crippen molar-refractivity contribution in [1.29, 1.82) is 0 Å². The predicted molar refractivity (Wildman–Crippen MR) is 107 cm³/mol. The van der Waals surface area contributed by atoms with Crippen LogP contribution < -0.4 is 4.72 Å². The molecule has 154 valence electrons. The Hall–Kier alpha value is -2.91. The Labute approximate surface area is 169 Å². The first kappa shape index (κ1) is 20.8. The summed E-state index contributed by atoms with van der Waals surface area (Å²) in [7, 11) is -3.66. The maximum absolute atomic E-state index is 12.3. The van der Waals surface area contributed by atoms with Gasteiger partial charge in [-0.05, 0) is 35.9 Å². The lowest BCUT2D eigenvalue weighted by atomic mass is 10.2. The van der Waals surface area contributed by atoms with Gasteiger partial charge in [0.15, 0.2) is 0 Å². The SMILES string of the molecule is CC(=O)N1CCN(C(=O)/C=C/c2ccc(S(=O)(=O)NCc3ccco3)cc2)CC1. The highest BCUT2D eigenvalue weighted by Crippen LogP contribution is 2.13. The number of nitrogens with one attached hydrogen (secondary N) is 1. The van der Waals surface area contributed by atoms with E-state index in [1.165, 1.54) is 31.4 Å². The normalized spacial score (nSPS) is 15.1. The Kier molecular flexibility index (Phi) is 6.50. The van der Waals surface area contributed by atoms with Gasteiger partial charge in [-0.15, -0.1) is 0 Å². The second-order valence-electron chi connectivity index (χ2n) is 6.64. The third kappa shape index (κ3) is 5.55. The fourth-order valence-electron chi connectivity index (χ4n) is 2.94. The summed E-state index contributed by atoms with van der Waals surface area (Å²) < 4.78 is 32.2. The molecule has 0 radical (unpaired) electrons. The van der Waals surface area contributed by atoms with Gasteiger partial charge in [0, 0.05) is 39.2 Å². The molecule has 29 heavy (non-hydrogen) atoms. The molecule has 1 fully saturated rings. The molecule has 1 N–H and O–H groups in total. The largest absolute Gasteiger partial charge is 0.468 e. The average molecular weight is 417 g/mol. The summed E-state index contributed by atoms with van der Waals surface area (Å²) >= 11 is 0. The fourth-order valence-corrected chi connectivity index (χ4v) is 3.93. The molecule has 2 aromatic rings. The van der Waals surface area contributed by atoms with E-state index < -0.39 is 10.0 Å². The van der Waals surface area contributed by atoms with E-state index in [1.807, 2.05) is 0 Å². The van der Waals surface area contributed by atoms with Crippen molar-refractivity contribution in [2.24, 2.45) is 0 Å². The number of nitrogens with zero attached hydrogens (tertiary/aromatic N) is 2. The van der Waals surface area contributed by atoms with E-state index in [9.17, 15) is 18.0 Å². The summed E-state index contributed by atoms with van der Waals surface area (Å²) in [5, 5.41) is 0. The standard InChI is InChI=1S/C20H23N3O5S/c1-16(24)22-10-12-23(13-11-22)20(25)9-6-17-4-7-19(8-5-17)29(26,27)21-15-18-3-2-14-28-18/h2-9,14,21H,10-13,15H2,1H3/b9-6+. The highest BCUT2D eigenvalue weighted by molar-refractivity contribution is 7.89. The molecule has 8 nitrogen and oxygen atoms in total. The third-order valence-corrected chi connectivity index (χ3v) is 6.08. The summed E-state index contributed by atoms with van der Waals surface area (Å²) in [4.78, 5) is 27.2. The van der Waals surface area contributed by atoms with Gasteiger partial charge >= 0.3 is 0 Å². The number of benzene rings is 1. The van der Waals surface area contributed by atoms with Crippen LogP contribution in [0.4, 0.5) is 0 Å². The molecule has 0 bridgehead atoms. The lowest BCUT2D eigenvalue weighted by Gasteiger charge is -2.33. The summed E-state index contributed by atoms with van der Waals surface area (Å²) in [6.07, 6.45) is 4.59. The van der Waals surface area contributed by atoms with Gasteiger partial charge in [-0.25, -0.2) is 13.1 Å². The lowest BCUT2D eigenvalue weighted by Crippen LogP contribution is -2.49. The van der Waals surface area contributed by atoms with Crippen LogP contribution in [0.5, 0.6) is 0 Å². The van der Waals surface area contributed by atoms with Gasteiger partial charge in [-0.3, -0.25) is 9.59 Å². The summed E-state index contributed by atoms with van der Waals surface area (Å²) in [5.74, 6) is 0.405. The number of hydrogen-bond acceptors (Lipinski definition) is 5. The van der Waals surface area contributed by atoms with Gasteiger partial charge in [-0.1, -0.05) is 12.1 Å². The molecule has 1 aromatic carbocycles. The number of rotatable bonds is 6. The molecule has 1 aliphatic heterocycles. The number of sulfonamides is 1. The molecule has 9 heteroatoms. The van der Waals surface area contributed by atoms with Crippen LogP contribution in [0.3, 0.4) is 0 Å². The summed E-state index contributed by atoms with van der Waals surface area (Å²) in [6.45, 7) is 3.66. The number of carbonyl (C=O) groups excluding carboxylic acids is 2. The van der Waals surface area contributed by atoms with Gasteiger partial charge in [0.2, 0.25) is 21.8 Å². The molecule has 1 saturated heterocycles. The van der Waals surface area contributed by atoms with Crippen molar-refractivity contribution in [2.45, 2.75) is 18.4 Å². The van der Waals surface area contributed by atoms with Crippen LogP contribution in [-0.2, 0) is 26.2 Å². The van der Waals surface area contributed by atoms with Crippen molar-refractivity contribution >= 4 is 27.9 Å². The number of furan rings is 1. The first-order valence-electron chi connectivity index (χ1n) is 9.20. The topological polar surface area (TPSA) is 99.9 Å². The quantitative estimate of drug-likeness (QED) is 0.718. The molecule has 0 unspecified atom stereocenters. The van der Waals surface area contributed by atoms with Gasteiger partial charge in [-0.2, -0.15) is 0 Å². The van der Waals surface area contributed by atoms with Crippen molar-refractivity contribution < 1.29 is 22.4 Å². The Bertz CT molecular complexity index is 974. The molecule has 2 heterocycles. The number of piperazine rings is 1. The molecule has 1 aromatic heterocycles. The maximum atomic E-state index is 12.3. The van der Waals surface area contributed by atoms with Crippen molar-refractivity contribution in [3.8, 4) is 0 Å². The molecular formula is C20H23N3O5S. The number of amides is 2. The fraction of sp³-hybridized carbons (Fsp3) is 0.300. The van der Waals surface area contributed by atoms with Crippen LogP contribution in [0.15, 0.2) is 58.1 Å². The zero-order valence-corrected chi connectivity index (χ0v) is 16.9. The van der Waals surface area contributed by atoms with Crippen molar-refractivity contribution in [1.82, 2.24) is 14.5 Å². The molecule has 0 spiro atoms. The number of carbonyl (C=O) groups is 2. The van der Waals surface area contributed by atoms with E-state index in [0.717, 1.165) is 0 Å². The van der Waals surface area contributed by atoms with Crippen LogP contribution in [-0.4, -0.2) is 56.2 Å². The monoisotopic (exact) mass is 417 g/mol. The highest BCUT2D eigenvalue weighted by Gasteiger charge is 2.20. The van der Waals surface area contributed by atoms with Gasteiger partial charge in [0.25, 0.3) is 0 Å². The van der Waals surface area contributed by atoms with E-state index in [-0.39, 0.29) is 23.3 Å². The summed E-state index contributed by atoms with van der Waals surface area (Å²) in [6, 6.07) is 9.63. The third-order valence-electron chi connectivity index (χ3n) is 4.66. The minimum absolute atomic E-state index is 0.0151. The molecule has 0 aliphatic carbocycles. The van der Waals surface area contributed by atoms with Crippen LogP contribution in [0, 0.1) is 0 Å². The van der Waals surface area contributed by atoms with Gasteiger partial charge in [0.05, 0.1) is 17.7 Å². The smallest absolute Gasteiger partial charge is 0.246 e. The Morgan fingerprint density at radius 1 is 1.07 bits per heavy atom. The van der Waals surface area contributed by atoms with Crippen molar-refractivity contribution in [3.63, 3.8) is 0 Å². The Morgan fingerprint density at radius 3 is 2.31 bits per heavy atom. The minimum Gasteiger partial charge on any atom is -0.468 e. The molecule has 2 amide bonds. The van der Waals surface area contributed by atoms with Crippen LogP contribution in [0.1, 0.15) is 18.2 Å². The first-order chi connectivity index (χ1) is 13.8. The zero-order valence-electron chi connectivity index (χ0n) is 16.1. The number of hydrogen-bond donors (Lipinski definition) is 1. The molecular weight excluding hydrogens is 394 g/mol. The molecule has 3 rings (SSSR count). The molecule has 0 saturated carbocycles. The molecule has 0 atom stereocenters. The summed E-state index contributed by atoms with van der Waals surface area (Å²) in [5.41, 5.74) is 0.714. The minimum atomic E-state index is -3.66. The van der Waals surface area contributed by atoms with E-state index in [0.29, 0.717) is 37.5 Å². The van der Waals surface area contributed by atoms with Crippen LogP contribution in [0.25, 0.3) is 6.08 Å². The lowest BCUT2D eigenvalue weighted by molar-refractivity contribution is -0.135. The Balaban J connectivity index is 1.55. The Morgan fingerprint density at radius 2 is 1.72 bits per heavy atom. The van der Waals surface area contributed by atoms with E-state index in [2.05, 4.69) is 4.72 Å². The predicted octanol–water partition coefficient (Wildman–Crippen LogP) is 1.46. The van der Waals surface area contributed by atoms with E-state index in [4.69, 9.17) is 4.42 Å². The zero-order chi connectivity index (χ0) is 20.9. The van der Waals surface area contributed by atoms with E-state index in [1.54, 1.807) is 40.1 Å². The molecule has 1 aliphatic rings. The van der Waals surface area contributed by atoms with Crippen LogP contribution >= 0.6 is 0 Å².